The van der Waals surface area contributed by atoms with Crippen molar-refractivity contribution >= 4 is 11.8 Å². The summed E-state index contributed by atoms with van der Waals surface area (Å²) in [7, 11) is 0. The van der Waals surface area contributed by atoms with E-state index in [0.717, 1.165) is 5.56 Å². The van der Waals surface area contributed by atoms with Crippen LogP contribution in [0.15, 0.2) is 54.9 Å². The Balaban J connectivity index is 1.50. The van der Waals surface area contributed by atoms with Crippen molar-refractivity contribution < 1.29 is 19.4 Å². The molecule has 3 rings (SSSR count). The molecule has 2 heterocycles. The molecule has 7 heteroatoms. The maximum atomic E-state index is 12.4. The van der Waals surface area contributed by atoms with Gasteiger partial charge in [-0.2, -0.15) is 0 Å². The number of nitrogens with zero attached hydrogens (tertiary/aromatic N) is 1. The Kier molecular flexibility index (Phi) is 7.32. The third kappa shape index (κ3) is 5.85. The van der Waals surface area contributed by atoms with Gasteiger partial charge in [0.25, 0.3) is 5.91 Å². The van der Waals surface area contributed by atoms with Gasteiger partial charge in [0.05, 0.1) is 36.8 Å². The van der Waals surface area contributed by atoms with Crippen molar-refractivity contribution in [3.63, 3.8) is 0 Å². The van der Waals surface area contributed by atoms with Gasteiger partial charge < -0.3 is 20.5 Å². The Morgan fingerprint density at radius 3 is 2.69 bits per heavy atom. The van der Waals surface area contributed by atoms with Gasteiger partial charge in [-0.05, 0) is 37.5 Å². The number of carbonyl (C=O) groups is 2. The minimum Gasteiger partial charge on any atom is -0.394 e. The van der Waals surface area contributed by atoms with E-state index < -0.39 is 6.10 Å². The Labute approximate surface area is 170 Å². The second-order valence-electron chi connectivity index (χ2n) is 7.28. The zero-order valence-corrected chi connectivity index (χ0v) is 16.5. The van der Waals surface area contributed by atoms with E-state index in [1.54, 1.807) is 18.3 Å². The van der Waals surface area contributed by atoms with Crippen molar-refractivity contribution in [2.45, 2.75) is 50.5 Å². The molecule has 29 heavy (non-hydrogen) atoms. The fourth-order valence-electron chi connectivity index (χ4n) is 3.53. The Morgan fingerprint density at radius 1 is 1.21 bits per heavy atom. The van der Waals surface area contributed by atoms with Gasteiger partial charge in [0.15, 0.2) is 0 Å². The summed E-state index contributed by atoms with van der Waals surface area (Å²) >= 11 is 0. The number of rotatable bonds is 7. The first kappa shape index (κ1) is 21.0. The van der Waals surface area contributed by atoms with Gasteiger partial charge in [0.1, 0.15) is 6.10 Å². The summed E-state index contributed by atoms with van der Waals surface area (Å²) in [6, 6.07) is 12.7. The number of benzene rings is 1. The lowest BCUT2D eigenvalue weighted by atomic mass is 9.96. The molecule has 1 aliphatic rings. The van der Waals surface area contributed by atoms with E-state index in [1.807, 2.05) is 37.3 Å². The number of ether oxygens (including phenoxy) is 1. The lowest BCUT2D eigenvalue weighted by molar-refractivity contribution is -0.131. The maximum Gasteiger partial charge on any atom is 0.253 e. The van der Waals surface area contributed by atoms with Crippen LogP contribution in [0.1, 0.15) is 48.1 Å². The molecule has 0 spiro atoms. The van der Waals surface area contributed by atoms with E-state index in [0.29, 0.717) is 18.4 Å². The molecule has 0 saturated carbocycles. The quantitative estimate of drug-likeness (QED) is 0.663. The monoisotopic (exact) mass is 397 g/mol. The molecule has 2 aromatic rings. The molecule has 0 radical (unpaired) electrons. The van der Waals surface area contributed by atoms with Crippen LogP contribution >= 0.6 is 0 Å². The Bertz CT molecular complexity index is 800. The summed E-state index contributed by atoms with van der Waals surface area (Å²) in [6.07, 6.45) is 3.73. The van der Waals surface area contributed by atoms with E-state index in [9.17, 15) is 14.7 Å². The van der Waals surface area contributed by atoms with Crippen LogP contribution in [0.4, 0.5) is 0 Å². The molecule has 0 aliphatic carbocycles. The number of nitrogens with one attached hydrogen (secondary N) is 2. The standard InChI is InChI=1S/C22H27N3O4/c1-15(16-6-3-2-4-7-16)24-21(27)12-18-9-10-19(20(14-26)29-18)25-22(28)17-8-5-11-23-13-17/h2-8,11,13,15,18-20,26H,9-10,12,14H2,1H3,(H,24,27)(H,25,28)/t15-,18-,19+,20-/m0/s1. The van der Waals surface area contributed by atoms with Crippen molar-refractivity contribution in [1.29, 1.82) is 0 Å². The van der Waals surface area contributed by atoms with Crippen molar-refractivity contribution in [3.8, 4) is 0 Å². The number of hydrogen-bond acceptors (Lipinski definition) is 5. The predicted octanol–water partition coefficient (Wildman–Crippen LogP) is 1.99. The molecule has 154 valence electrons. The summed E-state index contributed by atoms with van der Waals surface area (Å²) in [5.41, 5.74) is 1.50. The SMILES string of the molecule is C[C@H](NC(=O)C[C@@H]1CC[C@@H](NC(=O)c2cccnc2)[C@H](CO)O1)c1ccccc1. The van der Waals surface area contributed by atoms with Gasteiger partial charge in [-0.3, -0.25) is 14.6 Å². The van der Waals surface area contributed by atoms with Gasteiger partial charge in [0.2, 0.25) is 5.91 Å². The topological polar surface area (TPSA) is 101 Å². The molecule has 2 amide bonds. The number of pyridine rings is 1. The summed E-state index contributed by atoms with van der Waals surface area (Å²) in [5, 5.41) is 15.6. The first-order chi connectivity index (χ1) is 14.1. The first-order valence-corrected chi connectivity index (χ1v) is 9.88. The molecule has 1 aliphatic heterocycles. The minimum absolute atomic E-state index is 0.0903. The highest BCUT2D eigenvalue weighted by molar-refractivity contribution is 5.94. The van der Waals surface area contributed by atoms with E-state index in [1.165, 1.54) is 6.20 Å². The Hall–Kier alpha value is -2.77. The summed E-state index contributed by atoms with van der Waals surface area (Å²) < 4.78 is 5.90. The fraction of sp³-hybridized carbons (Fsp3) is 0.409. The van der Waals surface area contributed by atoms with Crippen LogP contribution in [0, 0.1) is 0 Å². The predicted molar refractivity (Wildman–Crippen MR) is 108 cm³/mol. The second-order valence-corrected chi connectivity index (χ2v) is 7.28. The molecule has 4 atom stereocenters. The van der Waals surface area contributed by atoms with Crippen LogP contribution < -0.4 is 10.6 Å². The normalized spacial score (nSPS) is 22.5. The third-order valence-corrected chi connectivity index (χ3v) is 5.13. The molecule has 0 unspecified atom stereocenters. The lowest BCUT2D eigenvalue weighted by Crippen LogP contribution is -2.51. The molecule has 3 N–H and O–H groups in total. The van der Waals surface area contributed by atoms with E-state index >= 15 is 0 Å². The maximum absolute atomic E-state index is 12.4. The van der Waals surface area contributed by atoms with Crippen molar-refractivity contribution in [2.24, 2.45) is 0 Å². The third-order valence-electron chi connectivity index (χ3n) is 5.13. The molecule has 1 aromatic carbocycles. The highest BCUT2D eigenvalue weighted by Crippen LogP contribution is 2.23. The van der Waals surface area contributed by atoms with Gasteiger partial charge in [0, 0.05) is 12.4 Å². The highest BCUT2D eigenvalue weighted by atomic mass is 16.5. The van der Waals surface area contributed by atoms with Crippen molar-refractivity contribution in [2.75, 3.05) is 6.61 Å². The fourth-order valence-corrected chi connectivity index (χ4v) is 3.53. The number of carbonyl (C=O) groups excluding carboxylic acids is 2. The lowest BCUT2D eigenvalue weighted by Gasteiger charge is -2.36. The van der Waals surface area contributed by atoms with E-state index in [2.05, 4.69) is 15.6 Å². The molecular formula is C22H27N3O4. The molecule has 1 aromatic heterocycles. The van der Waals surface area contributed by atoms with Crippen LogP contribution in [0.25, 0.3) is 0 Å². The van der Waals surface area contributed by atoms with Crippen LogP contribution in [-0.4, -0.2) is 46.8 Å². The van der Waals surface area contributed by atoms with Gasteiger partial charge in [-0.25, -0.2) is 0 Å². The van der Waals surface area contributed by atoms with Gasteiger partial charge in [-0.1, -0.05) is 30.3 Å². The number of hydrogen-bond donors (Lipinski definition) is 3. The number of aromatic nitrogens is 1. The summed E-state index contributed by atoms with van der Waals surface area (Å²) in [5.74, 6) is -0.348. The molecule has 0 bridgehead atoms. The van der Waals surface area contributed by atoms with Crippen molar-refractivity contribution in [3.05, 3.63) is 66.0 Å². The summed E-state index contributed by atoms with van der Waals surface area (Å²) in [6.45, 7) is 1.71. The van der Waals surface area contributed by atoms with Crippen LogP contribution in [0.3, 0.4) is 0 Å². The van der Waals surface area contributed by atoms with Crippen LogP contribution in [0.2, 0.25) is 0 Å². The minimum atomic E-state index is -0.547. The smallest absolute Gasteiger partial charge is 0.253 e. The average Bonchev–Trinajstić information content (AvgIpc) is 2.75. The zero-order chi connectivity index (χ0) is 20.6. The molecular weight excluding hydrogens is 370 g/mol. The highest BCUT2D eigenvalue weighted by Gasteiger charge is 2.33. The van der Waals surface area contributed by atoms with Crippen LogP contribution in [0.5, 0.6) is 0 Å². The molecule has 7 nitrogen and oxygen atoms in total. The van der Waals surface area contributed by atoms with Crippen molar-refractivity contribution in [1.82, 2.24) is 15.6 Å². The zero-order valence-electron chi connectivity index (χ0n) is 16.5. The van der Waals surface area contributed by atoms with E-state index in [4.69, 9.17) is 4.74 Å². The number of aliphatic hydroxyl groups is 1. The average molecular weight is 397 g/mol. The molecule has 1 fully saturated rings. The molecule has 1 saturated heterocycles. The van der Waals surface area contributed by atoms with Gasteiger partial charge in [-0.15, -0.1) is 0 Å². The van der Waals surface area contributed by atoms with Gasteiger partial charge >= 0.3 is 0 Å². The second kappa shape index (κ2) is 10.1. The number of amides is 2. The summed E-state index contributed by atoms with van der Waals surface area (Å²) in [4.78, 5) is 28.7. The number of aliphatic hydroxyl groups excluding tert-OH is 1. The first-order valence-electron chi connectivity index (χ1n) is 9.88. The Morgan fingerprint density at radius 2 is 2.00 bits per heavy atom. The van der Waals surface area contributed by atoms with Crippen LogP contribution in [-0.2, 0) is 9.53 Å². The van der Waals surface area contributed by atoms with E-state index in [-0.39, 0.29) is 43.0 Å². The largest absolute Gasteiger partial charge is 0.394 e.